The van der Waals surface area contributed by atoms with E-state index >= 15 is 0 Å². The van der Waals surface area contributed by atoms with E-state index in [1.54, 1.807) is 6.92 Å². The zero-order valence-corrected chi connectivity index (χ0v) is 15.1. The van der Waals surface area contributed by atoms with Gasteiger partial charge in [0.05, 0.1) is 12.5 Å². The lowest BCUT2D eigenvalue weighted by Crippen LogP contribution is -2.38. The Bertz CT molecular complexity index is 698. The largest absolute Gasteiger partial charge is 0.463 e. The number of hydrogen-bond acceptors (Lipinski definition) is 11. The van der Waals surface area contributed by atoms with Crippen molar-refractivity contribution in [3.63, 3.8) is 0 Å². The standard InChI is InChI=1S/C11H18O13S2/c1-7-2-3-8(12)4-10(23-24-26(17,18)19)9(5-11(13)22-7)20-6-21-25(14,15)16/h7,9-10H,2-6H2,1H3,(H,14,15,16)(H,17,18,19). The molecule has 152 valence electrons. The Morgan fingerprint density at radius 1 is 1.08 bits per heavy atom. The third-order valence-electron chi connectivity index (χ3n) is 3.10. The normalized spacial score (nSPS) is 26.3. The molecule has 3 atom stereocenters. The van der Waals surface area contributed by atoms with Crippen LogP contribution in [0.5, 0.6) is 0 Å². The predicted octanol–water partition coefficient (Wildman–Crippen LogP) is -0.657. The Kier molecular flexibility index (Phi) is 8.48. The topological polar surface area (TPSA) is 189 Å². The molecule has 2 N–H and O–H groups in total. The number of carbonyl (C=O) groups excluding carboxylic acids is 2. The third-order valence-corrected chi connectivity index (χ3v) is 3.75. The second kappa shape index (κ2) is 9.65. The first kappa shape index (κ1) is 22.8. The number of ether oxygens (including phenoxy) is 2. The molecule has 1 fully saturated rings. The van der Waals surface area contributed by atoms with Gasteiger partial charge in [-0.15, -0.1) is 0 Å². The minimum atomic E-state index is -5.04. The lowest BCUT2D eigenvalue weighted by Gasteiger charge is -2.26. The van der Waals surface area contributed by atoms with E-state index in [4.69, 9.17) is 18.6 Å². The van der Waals surface area contributed by atoms with Gasteiger partial charge in [0.1, 0.15) is 18.0 Å². The van der Waals surface area contributed by atoms with Crippen molar-refractivity contribution in [3.05, 3.63) is 0 Å². The van der Waals surface area contributed by atoms with Crippen LogP contribution in [0, 0.1) is 0 Å². The molecule has 0 bridgehead atoms. The zero-order chi connectivity index (χ0) is 20.0. The van der Waals surface area contributed by atoms with Gasteiger partial charge in [0, 0.05) is 12.8 Å². The SMILES string of the molecule is CC1CCC(=O)CC(OOS(=O)(=O)O)C(OCOS(=O)(=O)O)CC(=O)O1. The molecule has 0 amide bonds. The number of hydrogen-bond donors (Lipinski definition) is 2. The third kappa shape index (κ3) is 10.1. The van der Waals surface area contributed by atoms with Gasteiger partial charge in [-0.1, -0.05) is 4.33 Å². The van der Waals surface area contributed by atoms with Gasteiger partial charge in [-0.05, 0) is 13.3 Å². The summed E-state index contributed by atoms with van der Waals surface area (Å²) in [6, 6.07) is 0. The zero-order valence-electron chi connectivity index (χ0n) is 13.5. The van der Waals surface area contributed by atoms with E-state index in [-0.39, 0.29) is 12.8 Å². The van der Waals surface area contributed by atoms with E-state index in [1.165, 1.54) is 0 Å². The summed E-state index contributed by atoms with van der Waals surface area (Å²) in [5, 5.41) is 0. The van der Waals surface area contributed by atoms with E-state index in [9.17, 15) is 26.4 Å². The summed E-state index contributed by atoms with van der Waals surface area (Å²) in [4.78, 5) is 28.2. The Morgan fingerprint density at radius 3 is 2.31 bits per heavy atom. The van der Waals surface area contributed by atoms with Crippen LogP contribution in [-0.2, 0) is 53.3 Å². The van der Waals surface area contributed by atoms with Crippen molar-refractivity contribution < 1.29 is 58.4 Å². The molecular formula is C11H18O13S2. The Hall–Kier alpha value is -1.20. The van der Waals surface area contributed by atoms with Crippen molar-refractivity contribution in [3.8, 4) is 0 Å². The molecular weight excluding hydrogens is 404 g/mol. The summed E-state index contributed by atoms with van der Waals surface area (Å²) >= 11 is 0. The lowest BCUT2D eigenvalue weighted by molar-refractivity contribution is -0.276. The molecule has 0 spiro atoms. The van der Waals surface area contributed by atoms with Crippen LogP contribution in [0.2, 0.25) is 0 Å². The minimum Gasteiger partial charge on any atom is -0.463 e. The second-order valence-corrected chi connectivity index (χ2v) is 7.37. The first-order valence-corrected chi connectivity index (χ1v) is 9.86. The summed E-state index contributed by atoms with van der Waals surface area (Å²) in [7, 11) is -9.90. The van der Waals surface area contributed by atoms with Crippen LogP contribution < -0.4 is 0 Å². The fraction of sp³-hybridized carbons (Fsp3) is 0.818. The highest BCUT2D eigenvalue weighted by molar-refractivity contribution is 7.81. The summed E-state index contributed by atoms with van der Waals surface area (Å²) in [5.74, 6) is -1.24. The van der Waals surface area contributed by atoms with Crippen molar-refractivity contribution in [1.82, 2.24) is 0 Å². The molecule has 0 aromatic carbocycles. The fourth-order valence-corrected chi connectivity index (χ4v) is 2.36. The number of rotatable bonds is 7. The van der Waals surface area contributed by atoms with Gasteiger partial charge in [0.15, 0.2) is 6.79 Å². The summed E-state index contributed by atoms with van der Waals surface area (Å²) in [6.07, 6.45) is -4.45. The molecule has 0 saturated carbocycles. The number of Topliss-reactive ketones (excluding diaryl/α,β-unsaturated/α-hetero) is 1. The maximum absolute atomic E-state index is 11.9. The molecule has 26 heavy (non-hydrogen) atoms. The first-order chi connectivity index (χ1) is 11.9. The average molecular weight is 422 g/mol. The molecule has 1 heterocycles. The smallest absolute Gasteiger partial charge is 0.424 e. The summed E-state index contributed by atoms with van der Waals surface area (Å²) in [6.45, 7) is 0.478. The number of esters is 1. The molecule has 1 aliphatic rings. The Morgan fingerprint density at radius 2 is 1.73 bits per heavy atom. The van der Waals surface area contributed by atoms with Crippen LogP contribution in [0.15, 0.2) is 0 Å². The molecule has 0 aromatic rings. The molecule has 3 unspecified atom stereocenters. The van der Waals surface area contributed by atoms with Crippen molar-refractivity contribution in [2.24, 2.45) is 0 Å². The molecule has 1 saturated heterocycles. The highest BCUT2D eigenvalue weighted by atomic mass is 32.3. The summed E-state index contributed by atoms with van der Waals surface area (Å²) in [5.41, 5.74) is 0. The van der Waals surface area contributed by atoms with Gasteiger partial charge >= 0.3 is 26.8 Å². The van der Waals surface area contributed by atoms with Crippen molar-refractivity contribution >= 4 is 32.6 Å². The highest BCUT2D eigenvalue weighted by Crippen LogP contribution is 2.20. The van der Waals surface area contributed by atoms with Gasteiger partial charge < -0.3 is 9.47 Å². The number of carbonyl (C=O) groups is 2. The van der Waals surface area contributed by atoms with Crippen LogP contribution in [-0.4, -0.2) is 62.8 Å². The van der Waals surface area contributed by atoms with Gasteiger partial charge in [-0.25, -0.2) is 9.07 Å². The average Bonchev–Trinajstić information content (AvgIpc) is 2.45. The van der Waals surface area contributed by atoms with Gasteiger partial charge in [0.2, 0.25) is 0 Å². The van der Waals surface area contributed by atoms with Gasteiger partial charge in [-0.3, -0.25) is 18.7 Å². The van der Waals surface area contributed by atoms with Crippen LogP contribution in [0.25, 0.3) is 0 Å². The number of cyclic esters (lactones) is 1. The molecule has 13 nitrogen and oxygen atoms in total. The van der Waals surface area contributed by atoms with Crippen molar-refractivity contribution in [2.75, 3.05) is 6.79 Å². The van der Waals surface area contributed by atoms with E-state index < -0.39 is 70.5 Å². The second-order valence-electron chi connectivity index (χ2n) is 5.29. The predicted molar refractivity (Wildman–Crippen MR) is 78.9 cm³/mol. The first-order valence-electron chi connectivity index (χ1n) is 7.12. The Labute approximate surface area is 149 Å². The highest BCUT2D eigenvalue weighted by Gasteiger charge is 2.33. The molecule has 0 aromatic heterocycles. The van der Waals surface area contributed by atoms with Gasteiger partial charge in [0.25, 0.3) is 0 Å². The van der Waals surface area contributed by atoms with E-state index in [1.807, 2.05) is 0 Å². The molecule has 0 radical (unpaired) electrons. The van der Waals surface area contributed by atoms with E-state index in [0.717, 1.165) is 0 Å². The lowest BCUT2D eigenvalue weighted by atomic mass is 10.0. The Balaban J connectivity index is 2.94. The monoisotopic (exact) mass is 422 g/mol. The van der Waals surface area contributed by atoms with Crippen LogP contribution in [0.1, 0.15) is 32.6 Å². The minimum absolute atomic E-state index is 0.0333. The van der Waals surface area contributed by atoms with E-state index in [2.05, 4.69) is 13.4 Å². The molecule has 1 rings (SSSR count). The van der Waals surface area contributed by atoms with Crippen LogP contribution >= 0.6 is 0 Å². The maximum atomic E-state index is 11.9. The van der Waals surface area contributed by atoms with Gasteiger partial charge in [-0.2, -0.15) is 16.8 Å². The van der Waals surface area contributed by atoms with E-state index in [0.29, 0.717) is 0 Å². The quantitative estimate of drug-likeness (QED) is 0.173. The molecule has 15 heteroatoms. The molecule has 0 aliphatic carbocycles. The number of ketones is 1. The summed E-state index contributed by atoms with van der Waals surface area (Å²) < 4.78 is 77.0. The fourth-order valence-electron chi connectivity index (χ4n) is 1.99. The maximum Gasteiger partial charge on any atom is 0.424 e. The molecule has 1 aliphatic heterocycles. The van der Waals surface area contributed by atoms with Crippen molar-refractivity contribution in [2.45, 2.75) is 50.9 Å². The van der Waals surface area contributed by atoms with Crippen LogP contribution in [0.3, 0.4) is 0 Å². The van der Waals surface area contributed by atoms with Crippen molar-refractivity contribution in [1.29, 1.82) is 0 Å². The van der Waals surface area contributed by atoms with Crippen LogP contribution in [0.4, 0.5) is 0 Å².